The van der Waals surface area contributed by atoms with Gasteiger partial charge in [0.25, 0.3) is 5.91 Å². The fourth-order valence-electron chi connectivity index (χ4n) is 1.07. The summed E-state index contributed by atoms with van der Waals surface area (Å²) < 4.78 is 4.69. The van der Waals surface area contributed by atoms with E-state index in [2.05, 4.69) is 20.3 Å². The lowest BCUT2D eigenvalue weighted by Gasteiger charge is -1.97. The molecule has 1 N–H and O–H groups in total. The first-order chi connectivity index (χ1) is 6.79. The number of carbonyl (C=O) groups excluding carboxylic acids is 1. The molecule has 0 radical (unpaired) electrons. The van der Waals surface area contributed by atoms with Crippen LogP contribution in [0.1, 0.15) is 23.8 Å². The van der Waals surface area contributed by atoms with Crippen LogP contribution in [0.3, 0.4) is 0 Å². The zero-order chi connectivity index (χ0) is 9.97. The van der Waals surface area contributed by atoms with Crippen molar-refractivity contribution in [1.82, 2.24) is 10.2 Å². The average molecular weight is 213 g/mol. The molecular weight excluding hydrogens is 202 g/mol. The van der Waals surface area contributed by atoms with Crippen LogP contribution in [0.4, 0.5) is 5.13 Å². The second-order valence-corrected chi connectivity index (χ2v) is 4.21. The van der Waals surface area contributed by atoms with Gasteiger partial charge in [-0.2, -0.15) is 0 Å². The number of rotatable bonds is 4. The molecule has 5 nitrogen and oxygen atoms in total. The van der Waals surface area contributed by atoms with Crippen LogP contribution in [0.5, 0.6) is 0 Å². The standard InChI is InChI=1S/C8H11N3O2S/c1-13-4-6(12)9-8-11-10-7(14-8)5-2-3-5/h5H,2-4H2,1H3,(H,9,11,12). The summed E-state index contributed by atoms with van der Waals surface area (Å²) in [4.78, 5) is 11.1. The van der Waals surface area contributed by atoms with Gasteiger partial charge in [0.15, 0.2) is 0 Å². The molecule has 1 aliphatic carbocycles. The van der Waals surface area contributed by atoms with Crippen molar-refractivity contribution < 1.29 is 9.53 Å². The van der Waals surface area contributed by atoms with E-state index < -0.39 is 0 Å². The fourth-order valence-corrected chi connectivity index (χ4v) is 2.00. The lowest BCUT2D eigenvalue weighted by atomic mass is 10.5. The summed E-state index contributed by atoms with van der Waals surface area (Å²) >= 11 is 1.45. The summed E-state index contributed by atoms with van der Waals surface area (Å²) in [6.45, 7) is 0.0539. The molecule has 0 bridgehead atoms. The smallest absolute Gasteiger partial charge is 0.252 e. The monoisotopic (exact) mass is 213 g/mol. The zero-order valence-corrected chi connectivity index (χ0v) is 8.63. The minimum absolute atomic E-state index is 0.0539. The van der Waals surface area contributed by atoms with Gasteiger partial charge >= 0.3 is 0 Å². The van der Waals surface area contributed by atoms with Crippen LogP contribution in [0.2, 0.25) is 0 Å². The van der Waals surface area contributed by atoms with E-state index in [9.17, 15) is 4.79 Å². The number of nitrogens with zero attached hydrogens (tertiary/aromatic N) is 2. The number of hydrogen-bond donors (Lipinski definition) is 1. The molecule has 14 heavy (non-hydrogen) atoms. The van der Waals surface area contributed by atoms with Crippen molar-refractivity contribution >= 4 is 22.4 Å². The van der Waals surface area contributed by atoms with Gasteiger partial charge in [0.1, 0.15) is 11.6 Å². The molecule has 6 heteroatoms. The van der Waals surface area contributed by atoms with E-state index in [4.69, 9.17) is 0 Å². The Morgan fingerprint density at radius 2 is 2.43 bits per heavy atom. The molecule has 0 aromatic carbocycles. The molecule has 0 atom stereocenters. The van der Waals surface area contributed by atoms with Crippen molar-refractivity contribution in [2.24, 2.45) is 0 Å². The molecule has 1 heterocycles. The third-order valence-corrected chi connectivity index (χ3v) is 2.89. The van der Waals surface area contributed by atoms with Crippen molar-refractivity contribution in [2.75, 3.05) is 19.0 Å². The summed E-state index contributed by atoms with van der Waals surface area (Å²) in [5.74, 6) is 0.395. The Morgan fingerprint density at radius 1 is 1.64 bits per heavy atom. The normalized spacial score (nSPS) is 15.5. The van der Waals surface area contributed by atoms with Crippen LogP contribution in [0.15, 0.2) is 0 Å². The SMILES string of the molecule is COCC(=O)Nc1nnc(C2CC2)s1. The van der Waals surface area contributed by atoms with E-state index in [0.717, 1.165) is 5.01 Å². The van der Waals surface area contributed by atoms with Gasteiger partial charge in [-0.3, -0.25) is 10.1 Å². The number of carbonyl (C=O) groups is 1. The molecule has 1 amide bonds. The number of hydrogen-bond acceptors (Lipinski definition) is 5. The van der Waals surface area contributed by atoms with Gasteiger partial charge in [-0.15, -0.1) is 10.2 Å². The molecule has 1 aliphatic rings. The van der Waals surface area contributed by atoms with Gasteiger partial charge in [-0.05, 0) is 12.8 Å². The van der Waals surface area contributed by atoms with Gasteiger partial charge in [0.2, 0.25) is 5.13 Å². The van der Waals surface area contributed by atoms with Crippen LogP contribution in [0.25, 0.3) is 0 Å². The van der Waals surface area contributed by atoms with Gasteiger partial charge in [0.05, 0.1) is 0 Å². The highest BCUT2D eigenvalue weighted by molar-refractivity contribution is 7.15. The Balaban J connectivity index is 1.92. The second-order valence-electron chi connectivity index (χ2n) is 3.20. The maximum Gasteiger partial charge on any atom is 0.252 e. The Kier molecular flexibility index (Phi) is 2.74. The fraction of sp³-hybridized carbons (Fsp3) is 0.625. The molecular formula is C8H11N3O2S. The quantitative estimate of drug-likeness (QED) is 0.810. The molecule has 1 fully saturated rings. The van der Waals surface area contributed by atoms with Crippen molar-refractivity contribution in [1.29, 1.82) is 0 Å². The minimum Gasteiger partial charge on any atom is -0.375 e. The minimum atomic E-state index is -0.189. The Bertz CT molecular complexity index is 335. The summed E-state index contributed by atoms with van der Waals surface area (Å²) in [6.07, 6.45) is 2.39. The van der Waals surface area contributed by atoms with Crippen LogP contribution >= 0.6 is 11.3 Å². The number of anilines is 1. The molecule has 1 aromatic rings. The second kappa shape index (κ2) is 4.02. The summed E-state index contributed by atoms with van der Waals surface area (Å²) in [5.41, 5.74) is 0. The number of methoxy groups -OCH3 is 1. The Labute approximate surface area is 85.5 Å². The van der Waals surface area contributed by atoms with E-state index >= 15 is 0 Å². The molecule has 1 saturated carbocycles. The highest BCUT2D eigenvalue weighted by Crippen LogP contribution is 2.41. The first-order valence-electron chi connectivity index (χ1n) is 4.42. The Morgan fingerprint density at radius 3 is 3.07 bits per heavy atom. The highest BCUT2D eigenvalue weighted by atomic mass is 32.1. The summed E-state index contributed by atoms with van der Waals surface area (Å²) in [6, 6.07) is 0. The van der Waals surface area contributed by atoms with Crippen LogP contribution in [-0.4, -0.2) is 29.8 Å². The number of amides is 1. The molecule has 1 aromatic heterocycles. The van der Waals surface area contributed by atoms with Crippen molar-refractivity contribution in [3.8, 4) is 0 Å². The van der Waals surface area contributed by atoms with E-state index in [1.54, 1.807) is 0 Å². The lowest BCUT2D eigenvalue weighted by Crippen LogP contribution is -2.16. The molecule has 0 aliphatic heterocycles. The van der Waals surface area contributed by atoms with E-state index in [1.807, 2.05) is 0 Å². The molecule has 0 unspecified atom stereocenters. The largest absolute Gasteiger partial charge is 0.375 e. The van der Waals surface area contributed by atoms with Crippen molar-refractivity contribution in [3.05, 3.63) is 5.01 Å². The van der Waals surface area contributed by atoms with E-state index in [1.165, 1.54) is 31.3 Å². The van der Waals surface area contributed by atoms with Crippen LogP contribution < -0.4 is 5.32 Å². The number of aromatic nitrogens is 2. The lowest BCUT2D eigenvalue weighted by molar-refractivity contribution is -0.119. The summed E-state index contributed by atoms with van der Waals surface area (Å²) in [7, 11) is 1.48. The average Bonchev–Trinajstić information content (AvgIpc) is 2.89. The predicted octanol–water partition coefficient (Wildman–Crippen LogP) is 1.00. The third kappa shape index (κ3) is 2.27. The zero-order valence-electron chi connectivity index (χ0n) is 7.82. The van der Waals surface area contributed by atoms with E-state index in [0.29, 0.717) is 11.0 Å². The highest BCUT2D eigenvalue weighted by Gasteiger charge is 2.27. The molecule has 0 spiro atoms. The van der Waals surface area contributed by atoms with Crippen molar-refractivity contribution in [3.63, 3.8) is 0 Å². The summed E-state index contributed by atoms with van der Waals surface area (Å²) in [5, 5.41) is 12.1. The van der Waals surface area contributed by atoms with Gasteiger partial charge in [0, 0.05) is 13.0 Å². The number of nitrogens with one attached hydrogen (secondary N) is 1. The van der Waals surface area contributed by atoms with E-state index in [-0.39, 0.29) is 12.5 Å². The first kappa shape index (κ1) is 9.54. The molecule has 76 valence electrons. The van der Waals surface area contributed by atoms with Crippen LogP contribution in [-0.2, 0) is 9.53 Å². The van der Waals surface area contributed by atoms with Gasteiger partial charge in [-0.25, -0.2) is 0 Å². The maximum atomic E-state index is 11.1. The number of ether oxygens (including phenoxy) is 1. The predicted molar refractivity (Wildman–Crippen MR) is 52.4 cm³/mol. The van der Waals surface area contributed by atoms with Crippen molar-refractivity contribution in [2.45, 2.75) is 18.8 Å². The first-order valence-corrected chi connectivity index (χ1v) is 5.23. The van der Waals surface area contributed by atoms with Gasteiger partial charge in [-0.1, -0.05) is 11.3 Å². The maximum absolute atomic E-state index is 11.1. The molecule has 2 rings (SSSR count). The topological polar surface area (TPSA) is 64.1 Å². The van der Waals surface area contributed by atoms with Gasteiger partial charge < -0.3 is 4.74 Å². The Hall–Kier alpha value is -1.01. The van der Waals surface area contributed by atoms with Crippen LogP contribution in [0, 0.1) is 0 Å². The third-order valence-electron chi connectivity index (χ3n) is 1.89. The molecule has 0 saturated heterocycles.